The van der Waals surface area contributed by atoms with Crippen LogP contribution in [0.2, 0.25) is 0 Å². The van der Waals surface area contributed by atoms with Crippen LogP contribution < -0.4 is 4.90 Å². The van der Waals surface area contributed by atoms with Gasteiger partial charge in [0.05, 0.1) is 5.69 Å². The van der Waals surface area contributed by atoms with Gasteiger partial charge in [-0.15, -0.1) is 0 Å². The molecule has 1 atom stereocenters. The standard InChI is InChI=1S/C19H23NO/c1-3-5-8-14(4-2)13-20-17-12-7-10-15-9-6-11-16(18(15)17)19(20)21/h6-7,9-12,14H,3-5,8,13H2,1-2H3. The number of anilines is 1. The van der Waals surface area contributed by atoms with Crippen molar-refractivity contribution in [3.63, 3.8) is 0 Å². The van der Waals surface area contributed by atoms with Gasteiger partial charge in [0.25, 0.3) is 5.91 Å². The third-order valence-electron chi connectivity index (χ3n) is 4.63. The quantitative estimate of drug-likeness (QED) is 0.728. The summed E-state index contributed by atoms with van der Waals surface area (Å²) in [6, 6.07) is 12.3. The lowest BCUT2D eigenvalue weighted by Gasteiger charge is -2.24. The Labute approximate surface area is 126 Å². The predicted octanol–water partition coefficient (Wildman–Crippen LogP) is 5.02. The van der Waals surface area contributed by atoms with E-state index in [1.807, 2.05) is 17.0 Å². The second-order valence-corrected chi connectivity index (χ2v) is 6.01. The average Bonchev–Trinajstić information content (AvgIpc) is 2.79. The minimum Gasteiger partial charge on any atom is -0.307 e. The van der Waals surface area contributed by atoms with Gasteiger partial charge in [0, 0.05) is 17.5 Å². The molecule has 2 aromatic rings. The number of amides is 1. The molecule has 3 rings (SSSR count). The fourth-order valence-corrected chi connectivity index (χ4v) is 3.34. The first-order chi connectivity index (χ1) is 10.3. The van der Waals surface area contributed by atoms with E-state index in [9.17, 15) is 4.79 Å². The summed E-state index contributed by atoms with van der Waals surface area (Å²) in [6.07, 6.45) is 4.82. The maximum absolute atomic E-state index is 12.7. The van der Waals surface area contributed by atoms with Gasteiger partial charge in [0.2, 0.25) is 0 Å². The third-order valence-corrected chi connectivity index (χ3v) is 4.63. The van der Waals surface area contributed by atoms with E-state index in [0.29, 0.717) is 5.92 Å². The summed E-state index contributed by atoms with van der Waals surface area (Å²) in [5, 5.41) is 2.30. The minimum atomic E-state index is 0.178. The third kappa shape index (κ3) is 2.44. The van der Waals surface area contributed by atoms with Crippen LogP contribution in [-0.4, -0.2) is 12.5 Å². The van der Waals surface area contributed by atoms with E-state index >= 15 is 0 Å². The predicted molar refractivity (Wildman–Crippen MR) is 88.9 cm³/mol. The highest BCUT2D eigenvalue weighted by atomic mass is 16.2. The Hall–Kier alpha value is -1.83. The van der Waals surface area contributed by atoms with E-state index in [-0.39, 0.29) is 5.91 Å². The molecule has 0 aromatic heterocycles. The largest absolute Gasteiger partial charge is 0.307 e. The van der Waals surface area contributed by atoms with Gasteiger partial charge in [0.15, 0.2) is 0 Å². The van der Waals surface area contributed by atoms with Crippen molar-refractivity contribution >= 4 is 22.4 Å². The molecule has 2 heteroatoms. The van der Waals surface area contributed by atoms with Gasteiger partial charge < -0.3 is 4.90 Å². The fraction of sp³-hybridized carbons (Fsp3) is 0.421. The lowest BCUT2D eigenvalue weighted by atomic mass is 9.98. The highest BCUT2D eigenvalue weighted by molar-refractivity contribution is 6.24. The highest BCUT2D eigenvalue weighted by Crippen LogP contribution is 2.38. The van der Waals surface area contributed by atoms with Crippen LogP contribution in [-0.2, 0) is 0 Å². The molecule has 0 spiro atoms. The first-order valence-electron chi connectivity index (χ1n) is 8.09. The molecule has 0 N–H and O–H groups in total. The maximum atomic E-state index is 12.7. The fourth-order valence-electron chi connectivity index (χ4n) is 3.34. The number of unbranched alkanes of at least 4 members (excludes halogenated alkanes) is 1. The lowest BCUT2D eigenvalue weighted by molar-refractivity contribution is 0.0988. The number of hydrogen-bond acceptors (Lipinski definition) is 1. The number of hydrogen-bond donors (Lipinski definition) is 0. The molecule has 2 nitrogen and oxygen atoms in total. The first kappa shape index (κ1) is 14.1. The average molecular weight is 281 g/mol. The Balaban J connectivity index is 1.92. The molecule has 1 aliphatic heterocycles. The molecule has 0 saturated heterocycles. The van der Waals surface area contributed by atoms with Crippen molar-refractivity contribution in [2.75, 3.05) is 11.4 Å². The Morgan fingerprint density at radius 3 is 2.57 bits per heavy atom. The van der Waals surface area contributed by atoms with Crippen LogP contribution in [0.3, 0.4) is 0 Å². The van der Waals surface area contributed by atoms with Crippen LogP contribution in [0.5, 0.6) is 0 Å². The van der Waals surface area contributed by atoms with E-state index in [0.717, 1.165) is 29.6 Å². The summed E-state index contributed by atoms with van der Waals surface area (Å²) in [6.45, 7) is 5.31. The highest BCUT2D eigenvalue weighted by Gasteiger charge is 2.30. The first-order valence-corrected chi connectivity index (χ1v) is 8.09. The van der Waals surface area contributed by atoms with E-state index in [1.54, 1.807) is 0 Å². The topological polar surface area (TPSA) is 20.3 Å². The van der Waals surface area contributed by atoms with Gasteiger partial charge in [-0.2, -0.15) is 0 Å². The van der Waals surface area contributed by atoms with Crippen molar-refractivity contribution in [3.8, 4) is 0 Å². The molecule has 21 heavy (non-hydrogen) atoms. The van der Waals surface area contributed by atoms with Crippen molar-refractivity contribution in [3.05, 3.63) is 42.0 Å². The van der Waals surface area contributed by atoms with Gasteiger partial charge in [-0.3, -0.25) is 4.79 Å². The van der Waals surface area contributed by atoms with Crippen LogP contribution in [0.15, 0.2) is 36.4 Å². The second-order valence-electron chi connectivity index (χ2n) is 6.01. The Bertz CT molecular complexity index is 656. The lowest BCUT2D eigenvalue weighted by Crippen LogP contribution is -2.32. The van der Waals surface area contributed by atoms with Crippen LogP contribution in [0.1, 0.15) is 49.9 Å². The normalized spacial score (nSPS) is 15.0. The summed E-state index contributed by atoms with van der Waals surface area (Å²) >= 11 is 0. The number of nitrogens with zero attached hydrogens (tertiary/aromatic N) is 1. The van der Waals surface area contributed by atoms with Crippen LogP contribution >= 0.6 is 0 Å². The molecule has 2 aromatic carbocycles. The minimum absolute atomic E-state index is 0.178. The van der Waals surface area contributed by atoms with Crippen molar-refractivity contribution in [1.29, 1.82) is 0 Å². The molecule has 0 bridgehead atoms. The van der Waals surface area contributed by atoms with E-state index in [1.165, 1.54) is 24.6 Å². The smallest absolute Gasteiger partial charge is 0.259 e. The molecule has 1 heterocycles. The number of carbonyl (C=O) groups is 1. The van der Waals surface area contributed by atoms with Gasteiger partial charge in [-0.05, 0) is 29.9 Å². The van der Waals surface area contributed by atoms with Gasteiger partial charge in [0.1, 0.15) is 0 Å². The Morgan fingerprint density at radius 1 is 1.10 bits per heavy atom. The monoisotopic (exact) mass is 281 g/mol. The van der Waals surface area contributed by atoms with Crippen LogP contribution in [0, 0.1) is 5.92 Å². The second kappa shape index (κ2) is 5.88. The summed E-state index contributed by atoms with van der Waals surface area (Å²) in [4.78, 5) is 14.7. The molecule has 1 unspecified atom stereocenters. The molecule has 110 valence electrons. The van der Waals surface area contributed by atoms with Crippen molar-refractivity contribution in [2.45, 2.75) is 39.5 Å². The zero-order valence-electron chi connectivity index (χ0n) is 12.9. The molecule has 1 amide bonds. The Morgan fingerprint density at radius 2 is 1.86 bits per heavy atom. The number of carbonyl (C=O) groups excluding carboxylic acids is 1. The molecular formula is C19H23NO. The summed E-state index contributed by atoms with van der Waals surface area (Å²) in [5.41, 5.74) is 1.97. The number of benzene rings is 2. The van der Waals surface area contributed by atoms with Crippen molar-refractivity contribution in [1.82, 2.24) is 0 Å². The van der Waals surface area contributed by atoms with Crippen LogP contribution in [0.4, 0.5) is 5.69 Å². The van der Waals surface area contributed by atoms with E-state index in [2.05, 4.69) is 38.1 Å². The molecule has 1 aliphatic rings. The van der Waals surface area contributed by atoms with Gasteiger partial charge >= 0.3 is 0 Å². The van der Waals surface area contributed by atoms with Crippen molar-refractivity contribution in [2.24, 2.45) is 5.92 Å². The molecule has 0 saturated carbocycles. The summed E-state index contributed by atoms with van der Waals surface area (Å²) < 4.78 is 0. The number of rotatable bonds is 6. The van der Waals surface area contributed by atoms with E-state index in [4.69, 9.17) is 0 Å². The zero-order chi connectivity index (χ0) is 14.8. The van der Waals surface area contributed by atoms with E-state index < -0.39 is 0 Å². The molecule has 0 radical (unpaired) electrons. The molecule has 0 aliphatic carbocycles. The summed E-state index contributed by atoms with van der Waals surface area (Å²) in [7, 11) is 0. The molecule has 0 fully saturated rings. The summed E-state index contributed by atoms with van der Waals surface area (Å²) in [5.74, 6) is 0.773. The zero-order valence-corrected chi connectivity index (χ0v) is 12.9. The van der Waals surface area contributed by atoms with Gasteiger partial charge in [-0.25, -0.2) is 0 Å². The molecular weight excluding hydrogens is 258 g/mol. The van der Waals surface area contributed by atoms with Crippen molar-refractivity contribution < 1.29 is 4.79 Å². The van der Waals surface area contributed by atoms with Gasteiger partial charge in [-0.1, -0.05) is 57.4 Å². The SMILES string of the molecule is CCCCC(CC)CN1C(=O)c2cccc3cccc1c23. The maximum Gasteiger partial charge on any atom is 0.259 e. The Kier molecular flexibility index (Phi) is 3.96. The van der Waals surface area contributed by atoms with Crippen LogP contribution in [0.25, 0.3) is 10.8 Å².